The van der Waals surface area contributed by atoms with Crippen molar-refractivity contribution < 1.29 is 14.6 Å². The molecular weight excluding hydrogens is 372 g/mol. The summed E-state index contributed by atoms with van der Waals surface area (Å²) in [5.41, 5.74) is 2.51. The minimum Gasteiger partial charge on any atom is -0.455 e. The minimum atomic E-state index is -0.452. The van der Waals surface area contributed by atoms with Crippen LogP contribution in [0.1, 0.15) is 99.3 Å². The third-order valence-corrected chi connectivity index (χ3v) is 11.7. The van der Waals surface area contributed by atoms with Gasteiger partial charge in [-0.3, -0.25) is 0 Å². The first-order chi connectivity index (χ1) is 14.0. The van der Waals surface area contributed by atoms with Crippen molar-refractivity contribution in [1.29, 1.82) is 0 Å². The molecule has 168 valence electrons. The highest BCUT2D eigenvalue weighted by Crippen LogP contribution is 2.73. The molecule has 0 unspecified atom stereocenters. The fraction of sp³-hybridized carbons (Fsp3) is 0.889. The highest BCUT2D eigenvalue weighted by atomic mass is 16.5. The summed E-state index contributed by atoms with van der Waals surface area (Å²) in [6, 6.07) is 0. The van der Waals surface area contributed by atoms with E-state index in [1.165, 1.54) is 44.1 Å². The van der Waals surface area contributed by atoms with E-state index in [9.17, 15) is 9.90 Å². The SMILES string of the molecule is CC[C@@]1(C)CCC[C@]2(C)[C@H]3C[C@@H](O)[C@]4(C)C5=C(CC[C@H]4[C@]3(C)CC[C@@H]12)[C@@H](C)OC5=O. The minimum absolute atomic E-state index is 0.111. The van der Waals surface area contributed by atoms with Crippen LogP contribution in [0.5, 0.6) is 0 Å². The van der Waals surface area contributed by atoms with Gasteiger partial charge in [-0.1, -0.05) is 47.5 Å². The van der Waals surface area contributed by atoms with E-state index in [1.54, 1.807) is 0 Å². The number of aliphatic hydroxyl groups excluding tert-OH is 1. The second-order valence-electron chi connectivity index (χ2n) is 12.6. The molecule has 0 aromatic heterocycles. The Morgan fingerprint density at radius 1 is 1.00 bits per heavy atom. The number of hydrogen-bond donors (Lipinski definition) is 1. The van der Waals surface area contributed by atoms with Crippen molar-refractivity contribution >= 4 is 5.97 Å². The van der Waals surface area contributed by atoms with Crippen LogP contribution in [0.2, 0.25) is 0 Å². The Kier molecular flexibility index (Phi) is 4.46. The number of ether oxygens (including phenoxy) is 1. The predicted octanol–water partition coefficient (Wildman–Crippen LogP) is 6.05. The molecule has 3 nitrogen and oxygen atoms in total. The largest absolute Gasteiger partial charge is 0.455 e. The standard InChI is InChI=1S/C27H42O3/c1-7-24(3)12-8-13-25(4)18(24)11-14-26(5)19-10-9-17-16(2)30-23(29)22(17)27(19,6)21(28)15-20(25)26/h16,18-21,28H,7-15H2,1-6H3/t16-,18+,19+,20-,21-,24+,25+,26+,27-/m1/s1. The third-order valence-electron chi connectivity index (χ3n) is 11.7. The van der Waals surface area contributed by atoms with Gasteiger partial charge in [0.05, 0.1) is 6.10 Å². The van der Waals surface area contributed by atoms with Crippen molar-refractivity contribution in [2.24, 2.45) is 39.4 Å². The van der Waals surface area contributed by atoms with Gasteiger partial charge in [-0.15, -0.1) is 0 Å². The van der Waals surface area contributed by atoms with Crippen LogP contribution in [-0.4, -0.2) is 23.3 Å². The van der Waals surface area contributed by atoms with Gasteiger partial charge >= 0.3 is 5.97 Å². The molecule has 0 radical (unpaired) electrons. The number of esters is 1. The van der Waals surface area contributed by atoms with Gasteiger partial charge in [0, 0.05) is 11.0 Å². The normalized spacial score (nSPS) is 55.3. The zero-order valence-corrected chi connectivity index (χ0v) is 20.0. The zero-order valence-electron chi connectivity index (χ0n) is 20.0. The van der Waals surface area contributed by atoms with E-state index in [4.69, 9.17) is 4.74 Å². The van der Waals surface area contributed by atoms with E-state index in [2.05, 4.69) is 34.6 Å². The molecule has 0 saturated heterocycles. The van der Waals surface area contributed by atoms with Gasteiger partial charge in [0.2, 0.25) is 0 Å². The van der Waals surface area contributed by atoms with Crippen LogP contribution in [0.25, 0.3) is 0 Å². The van der Waals surface area contributed by atoms with E-state index in [0.717, 1.165) is 30.8 Å². The van der Waals surface area contributed by atoms with Crippen molar-refractivity contribution in [3.8, 4) is 0 Å². The molecular formula is C27H42O3. The van der Waals surface area contributed by atoms with Gasteiger partial charge in [-0.05, 0) is 91.4 Å². The van der Waals surface area contributed by atoms with Crippen LogP contribution in [0.4, 0.5) is 0 Å². The number of rotatable bonds is 1. The van der Waals surface area contributed by atoms with Gasteiger partial charge in [0.15, 0.2) is 0 Å². The molecule has 5 aliphatic rings. The van der Waals surface area contributed by atoms with Crippen LogP contribution >= 0.6 is 0 Å². The third kappa shape index (κ3) is 2.34. The lowest BCUT2D eigenvalue weighted by atomic mass is 9.35. The number of fused-ring (bicyclic) bond motifs is 6. The Hall–Kier alpha value is -0.830. The second-order valence-corrected chi connectivity index (χ2v) is 12.6. The first-order valence-corrected chi connectivity index (χ1v) is 12.6. The van der Waals surface area contributed by atoms with E-state index in [1.807, 2.05) is 6.92 Å². The maximum atomic E-state index is 12.9. The Bertz CT molecular complexity index is 800. The lowest BCUT2D eigenvalue weighted by Crippen LogP contribution is -2.65. The second kappa shape index (κ2) is 6.36. The average molecular weight is 415 g/mol. The van der Waals surface area contributed by atoms with E-state index >= 15 is 0 Å². The molecule has 1 heterocycles. The molecule has 3 heteroatoms. The van der Waals surface area contributed by atoms with Crippen LogP contribution in [0.3, 0.4) is 0 Å². The van der Waals surface area contributed by atoms with Crippen molar-refractivity contribution in [2.75, 3.05) is 0 Å². The summed E-state index contributed by atoms with van der Waals surface area (Å²) < 4.78 is 5.66. The predicted molar refractivity (Wildman–Crippen MR) is 119 cm³/mol. The molecule has 4 aliphatic carbocycles. The molecule has 0 spiro atoms. The Labute approximate surface area is 183 Å². The van der Waals surface area contributed by atoms with Gasteiger partial charge in [-0.2, -0.15) is 0 Å². The first-order valence-electron chi connectivity index (χ1n) is 12.6. The highest BCUT2D eigenvalue weighted by molar-refractivity contribution is 5.94. The molecule has 30 heavy (non-hydrogen) atoms. The smallest absolute Gasteiger partial charge is 0.335 e. The van der Waals surface area contributed by atoms with E-state index in [-0.39, 0.29) is 17.5 Å². The number of carbonyl (C=O) groups excluding carboxylic acids is 1. The zero-order chi connectivity index (χ0) is 21.7. The summed E-state index contributed by atoms with van der Waals surface area (Å²) in [6.07, 6.45) is 10.1. The Morgan fingerprint density at radius 3 is 2.40 bits per heavy atom. The molecule has 9 atom stereocenters. The topological polar surface area (TPSA) is 46.5 Å². The Balaban J connectivity index is 1.59. The maximum absolute atomic E-state index is 12.9. The number of aliphatic hydroxyl groups is 1. The average Bonchev–Trinajstić information content (AvgIpc) is 2.98. The fourth-order valence-corrected chi connectivity index (χ4v) is 10.0. The van der Waals surface area contributed by atoms with Crippen molar-refractivity contribution in [3.05, 3.63) is 11.1 Å². The molecule has 0 amide bonds. The summed E-state index contributed by atoms with van der Waals surface area (Å²) in [5, 5.41) is 11.7. The van der Waals surface area contributed by atoms with Crippen molar-refractivity contribution in [3.63, 3.8) is 0 Å². The number of carbonyl (C=O) groups is 1. The van der Waals surface area contributed by atoms with Crippen LogP contribution < -0.4 is 0 Å². The molecule has 0 aromatic carbocycles. The molecule has 5 rings (SSSR count). The van der Waals surface area contributed by atoms with Crippen molar-refractivity contribution in [2.45, 2.75) is 112 Å². The van der Waals surface area contributed by atoms with Crippen LogP contribution in [0, 0.1) is 39.4 Å². The molecule has 1 aliphatic heterocycles. The molecule has 3 saturated carbocycles. The summed E-state index contributed by atoms with van der Waals surface area (Å²) in [7, 11) is 0. The van der Waals surface area contributed by atoms with Gasteiger partial charge < -0.3 is 9.84 Å². The molecule has 1 N–H and O–H groups in total. The maximum Gasteiger partial charge on any atom is 0.335 e. The number of cyclic esters (lactones) is 1. The summed E-state index contributed by atoms with van der Waals surface area (Å²) in [6.45, 7) is 14.2. The highest BCUT2D eigenvalue weighted by Gasteiger charge is 2.69. The summed E-state index contributed by atoms with van der Waals surface area (Å²) >= 11 is 0. The molecule has 0 bridgehead atoms. The Morgan fingerprint density at radius 2 is 1.70 bits per heavy atom. The van der Waals surface area contributed by atoms with Gasteiger partial charge in [0.1, 0.15) is 6.10 Å². The molecule has 3 fully saturated rings. The van der Waals surface area contributed by atoms with E-state index in [0.29, 0.717) is 22.7 Å². The summed E-state index contributed by atoms with van der Waals surface area (Å²) in [5.74, 6) is 1.51. The monoisotopic (exact) mass is 414 g/mol. The van der Waals surface area contributed by atoms with Crippen LogP contribution in [-0.2, 0) is 9.53 Å². The lowest BCUT2D eigenvalue weighted by molar-refractivity contribution is -0.220. The fourth-order valence-electron chi connectivity index (χ4n) is 10.0. The summed E-state index contributed by atoms with van der Waals surface area (Å²) in [4.78, 5) is 12.9. The van der Waals surface area contributed by atoms with Gasteiger partial charge in [-0.25, -0.2) is 4.79 Å². The van der Waals surface area contributed by atoms with Crippen molar-refractivity contribution in [1.82, 2.24) is 0 Å². The number of hydrogen-bond acceptors (Lipinski definition) is 3. The quantitative estimate of drug-likeness (QED) is 0.531. The first kappa shape index (κ1) is 21.0. The van der Waals surface area contributed by atoms with Crippen LogP contribution in [0.15, 0.2) is 11.1 Å². The molecule has 0 aromatic rings. The lowest BCUT2D eigenvalue weighted by Gasteiger charge is -2.70. The van der Waals surface area contributed by atoms with Gasteiger partial charge in [0.25, 0.3) is 0 Å². The van der Waals surface area contributed by atoms with E-state index < -0.39 is 11.5 Å².